The van der Waals surface area contributed by atoms with Crippen molar-refractivity contribution in [2.45, 2.75) is 12.1 Å². The summed E-state index contributed by atoms with van der Waals surface area (Å²) in [5.74, 6) is 1.50. The zero-order chi connectivity index (χ0) is 18.4. The third-order valence-electron chi connectivity index (χ3n) is 5.02. The lowest BCUT2D eigenvalue weighted by Crippen LogP contribution is -2.30. The maximum Gasteiger partial charge on any atom is 0.231 e. The van der Waals surface area contributed by atoms with Crippen LogP contribution in [0.1, 0.15) is 23.5 Å². The van der Waals surface area contributed by atoms with Gasteiger partial charge in [-0.2, -0.15) is 0 Å². The molecule has 0 radical (unpaired) electrons. The van der Waals surface area contributed by atoms with Crippen LogP contribution in [-0.4, -0.2) is 21.5 Å². The van der Waals surface area contributed by atoms with Crippen molar-refractivity contribution in [2.75, 3.05) is 11.7 Å². The molecule has 2 aliphatic heterocycles. The van der Waals surface area contributed by atoms with Crippen LogP contribution in [0.5, 0.6) is 11.5 Å². The Morgan fingerprint density at radius 3 is 2.78 bits per heavy atom. The molecule has 1 saturated heterocycles. The van der Waals surface area contributed by atoms with E-state index in [0.29, 0.717) is 5.11 Å². The molecule has 0 aliphatic carbocycles. The Balaban J connectivity index is 1.63. The molecule has 7 heteroatoms. The third-order valence-corrected chi connectivity index (χ3v) is 5.33. The molecule has 3 aromatic rings. The van der Waals surface area contributed by atoms with Crippen molar-refractivity contribution in [2.24, 2.45) is 7.05 Å². The minimum atomic E-state index is -0.0577. The van der Waals surface area contributed by atoms with Crippen molar-refractivity contribution >= 4 is 23.0 Å². The van der Waals surface area contributed by atoms with Crippen molar-refractivity contribution in [3.05, 3.63) is 72.3 Å². The van der Waals surface area contributed by atoms with E-state index in [0.717, 1.165) is 28.6 Å². The van der Waals surface area contributed by atoms with Crippen molar-refractivity contribution in [3.8, 4) is 11.5 Å². The molecule has 0 bridgehead atoms. The molecule has 136 valence electrons. The van der Waals surface area contributed by atoms with Gasteiger partial charge in [-0.15, -0.1) is 0 Å². The number of thiocarbonyl (C=S) groups is 1. The summed E-state index contributed by atoms with van der Waals surface area (Å²) in [4.78, 5) is 6.70. The summed E-state index contributed by atoms with van der Waals surface area (Å²) in [7, 11) is 2.05. The van der Waals surface area contributed by atoms with E-state index in [1.165, 1.54) is 0 Å². The second-order valence-electron chi connectivity index (χ2n) is 6.58. The highest BCUT2D eigenvalue weighted by molar-refractivity contribution is 7.80. The van der Waals surface area contributed by atoms with Gasteiger partial charge in [0.15, 0.2) is 16.6 Å². The fourth-order valence-corrected chi connectivity index (χ4v) is 4.10. The zero-order valence-electron chi connectivity index (χ0n) is 14.7. The van der Waals surface area contributed by atoms with E-state index in [1.54, 1.807) is 0 Å². The van der Waals surface area contributed by atoms with E-state index in [2.05, 4.69) is 25.8 Å². The average Bonchev–Trinajstić information content (AvgIpc) is 3.40. The van der Waals surface area contributed by atoms with Crippen molar-refractivity contribution in [1.29, 1.82) is 0 Å². The molecule has 27 heavy (non-hydrogen) atoms. The number of nitrogens with zero attached hydrogens (tertiary/aromatic N) is 3. The molecule has 1 aromatic carbocycles. The Labute approximate surface area is 162 Å². The fraction of sp³-hybridized carbons (Fsp3) is 0.200. The molecule has 4 heterocycles. The first kappa shape index (κ1) is 16.1. The number of hydrogen-bond acceptors (Lipinski definition) is 4. The second kappa shape index (κ2) is 6.28. The van der Waals surface area contributed by atoms with Crippen molar-refractivity contribution in [3.63, 3.8) is 0 Å². The Morgan fingerprint density at radius 2 is 2.00 bits per heavy atom. The molecule has 0 unspecified atom stereocenters. The number of ether oxygens (including phenoxy) is 2. The number of rotatable bonds is 3. The van der Waals surface area contributed by atoms with Crippen molar-refractivity contribution < 1.29 is 9.47 Å². The molecule has 1 N–H and O–H groups in total. The molecule has 0 spiro atoms. The van der Waals surface area contributed by atoms with Gasteiger partial charge >= 0.3 is 0 Å². The van der Waals surface area contributed by atoms with E-state index in [4.69, 9.17) is 21.7 Å². The highest BCUT2D eigenvalue weighted by atomic mass is 32.1. The molecule has 5 rings (SSSR count). The number of nitrogens with one attached hydrogen (secondary N) is 1. The van der Waals surface area contributed by atoms with E-state index >= 15 is 0 Å². The van der Waals surface area contributed by atoms with Crippen LogP contribution in [0.2, 0.25) is 0 Å². The monoisotopic (exact) mass is 378 g/mol. The maximum atomic E-state index is 5.73. The Hall–Kier alpha value is -3.06. The number of benzene rings is 1. The average molecular weight is 378 g/mol. The quantitative estimate of drug-likeness (QED) is 0.706. The maximum absolute atomic E-state index is 5.73. The normalized spacial score (nSPS) is 20.8. The van der Waals surface area contributed by atoms with Gasteiger partial charge in [0.2, 0.25) is 6.79 Å². The van der Waals surface area contributed by atoms with Crippen LogP contribution in [0.4, 0.5) is 5.69 Å². The number of aryl methyl sites for hydroxylation is 1. The molecule has 0 saturated carbocycles. The van der Waals surface area contributed by atoms with Crippen LogP contribution in [-0.2, 0) is 7.05 Å². The first-order chi connectivity index (χ1) is 13.2. The van der Waals surface area contributed by atoms with Crippen LogP contribution in [0.25, 0.3) is 0 Å². The number of anilines is 1. The Morgan fingerprint density at radius 1 is 1.11 bits per heavy atom. The van der Waals surface area contributed by atoms with Gasteiger partial charge in [0.25, 0.3) is 0 Å². The zero-order valence-corrected chi connectivity index (χ0v) is 15.5. The van der Waals surface area contributed by atoms with Gasteiger partial charge in [-0.05, 0) is 48.6 Å². The van der Waals surface area contributed by atoms with Gasteiger partial charge in [-0.3, -0.25) is 4.98 Å². The van der Waals surface area contributed by atoms with E-state index in [-0.39, 0.29) is 18.9 Å². The van der Waals surface area contributed by atoms with Crippen LogP contribution in [0.3, 0.4) is 0 Å². The van der Waals surface area contributed by atoms with Crippen molar-refractivity contribution in [1.82, 2.24) is 14.9 Å². The number of pyridine rings is 1. The van der Waals surface area contributed by atoms with Crippen LogP contribution in [0, 0.1) is 0 Å². The predicted octanol–water partition coefficient (Wildman–Crippen LogP) is 3.33. The van der Waals surface area contributed by atoms with Gasteiger partial charge in [0.05, 0.1) is 11.7 Å². The number of hydrogen-bond donors (Lipinski definition) is 1. The first-order valence-corrected chi connectivity index (χ1v) is 9.15. The van der Waals surface area contributed by atoms with Gasteiger partial charge in [-0.1, -0.05) is 6.07 Å². The van der Waals surface area contributed by atoms with E-state index in [1.807, 2.05) is 61.9 Å². The summed E-state index contributed by atoms with van der Waals surface area (Å²) in [6.45, 7) is 0.249. The van der Waals surface area contributed by atoms with Crippen LogP contribution >= 0.6 is 12.2 Å². The Bertz CT molecular complexity index is 1000. The fourth-order valence-electron chi connectivity index (χ4n) is 3.75. The van der Waals surface area contributed by atoms with Gasteiger partial charge in [-0.25, -0.2) is 0 Å². The minimum absolute atomic E-state index is 0.0345. The standard InChI is InChI=1S/C20H18N4O2S/c1-23-10-4-6-15(23)19-18(14-5-2-3-9-21-14)22-20(27)24(19)13-7-8-16-17(11-13)26-12-25-16/h2-11,18-19H,12H2,1H3,(H,22,27)/t18-,19+/m0/s1. The molecule has 0 amide bonds. The smallest absolute Gasteiger partial charge is 0.231 e. The molecule has 2 aromatic heterocycles. The van der Waals surface area contributed by atoms with Gasteiger partial charge in [0, 0.05) is 36.9 Å². The minimum Gasteiger partial charge on any atom is -0.454 e. The largest absolute Gasteiger partial charge is 0.454 e. The summed E-state index contributed by atoms with van der Waals surface area (Å²) in [5, 5.41) is 4.12. The van der Waals surface area contributed by atoms with Gasteiger partial charge in [0.1, 0.15) is 6.04 Å². The van der Waals surface area contributed by atoms with E-state index < -0.39 is 0 Å². The Kier molecular flexibility index (Phi) is 3.75. The van der Waals surface area contributed by atoms with Crippen LogP contribution < -0.4 is 19.7 Å². The summed E-state index contributed by atoms with van der Waals surface area (Å²) in [6, 6.07) is 15.9. The lowest BCUT2D eigenvalue weighted by Gasteiger charge is -2.28. The topological polar surface area (TPSA) is 51.6 Å². The summed E-state index contributed by atoms with van der Waals surface area (Å²) >= 11 is 5.73. The lowest BCUT2D eigenvalue weighted by atomic mass is 10.0. The lowest BCUT2D eigenvalue weighted by molar-refractivity contribution is 0.174. The van der Waals surface area contributed by atoms with E-state index in [9.17, 15) is 0 Å². The highest BCUT2D eigenvalue weighted by Crippen LogP contribution is 2.44. The molecule has 6 nitrogen and oxygen atoms in total. The molecular formula is C20H18N4O2S. The number of fused-ring (bicyclic) bond motifs is 1. The first-order valence-electron chi connectivity index (χ1n) is 8.74. The molecule has 2 aliphatic rings. The molecule has 2 atom stereocenters. The second-order valence-corrected chi connectivity index (χ2v) is 6.96. The predicted molar refractivity (Wildman–Crippen MR) is 106 cm³/mol. The number of aromatic nitrogens is 2. The summed E-state index contributed by atoms with van der Waals surface area (Å²) in [5.41, 5.74) is 3.06. The highest BCUT2D eigenvalue weighted by Gasteiger charge is 2.42. The molecule has 1 fully saturated rings. The summed E-state index contributed by atoms with van der Waals surface area (Å²) in [6.07, 6.45) is 3.86. The van der Waals surface area contributed by atoms with Gasteiger partial charge < -0.3 is 24.3 Å². The SMILES string of the molecule is Cn1cccc1[C@@H]1[C@H](c2ccccn2)NC(=S)N1c1ccc2c(c1)OCO2. The summed E-state index contributed by atoms with van der Waals surface area (Å²) < 4.78 is 13.1. The molecular weight excluding hydrogens is 360 g/mol. The van der Waals surface area contributed by atoms with Crippen LogP contribution in [0.15, 0.2) is 60.9 Å². The third kappa shape index (κ3) is 2.62.